The Labute approximate surface area is 132 Å². The molecule has 2 heterocycles. The van der Waals surface area contributed by atoms with E-state index >= 15 is 0 Å². The molecule has 9 heteroatoms. The second kappa shape index (κ2) is 6.15. The molecule has 0 atom stereocenters. The highest BCUT2D eigenvalue weighted by Crippen LogP contribution is 2.21. The number of nitrogens with zero attached hydrogens (tertiary/aromatic N) is 3. The highest BCUT2D eigenvalue weighted by Gasteiger charge is 2.17. The van der Waals surface area contributed by atoms with Crippen molar-refractivity contribution in [2.75, 3.05) is 5.32 Å². The van der Waals surface area contributed by atoms with Gasteiger partial charge in [-0.05, 0) is 35.0 Å². The second-order valence-electron chi connectivity index (χ2n) is 4.01. The molecular formula is C12H8BrClN4O3. The molecule has 108 valence electrons. The fourth-order valence-corrected chi connectivity index (χ4v) is 1.90. The van der Waals surface area contributed by atoms with Gasteiger partial charge in [-0.15, -0.1) is 0 Å². The summed E-state index contributed by atoms with van der Waals surface area (Å²) in [4.78, 5) is 29.9. The van der Waals surface area contributed by atoms with Crippen molar-refractivity contribution in [3.8, 4) is 0 Å². The molecule has 0 aliphatic carbocycles. The van der Waals surface area contributed by atoms with E-state index in [2.05, 4.69) is 31.2 Å². The van der Waals surface area contributed by atoms with Crippen molar-refractivity contribution in [1.82, 2.24) is 9.97 Å². The van der Waals surface area contributed by atoms with Crippen molar-refractivity contribution >= 4 is 44.9 Å². The number of hydrogen-bond donors (Lipinski definition) is 1. The molecule has 1 N–H and O–H groups in total. The van der Waals surface area contributed by atoms with Gasteiger partial charge in [-0.1, -0.05) is 11.6 Å². The van der Waals surface area contributed by atoms with E-state index in [9.17, 15) is 14.9 Å². The molecule has 0 fully saturated rings. The lowest BCUT2D eigenvalue weighted by Crippen LogP contribution is -2.14. The van der Waals surface area contributed by atoms with Crippen LogP contribution in [0.25, 0.3) is 0 Å². The lowest BCUT2D eigenvalue weighted by Gasteiger charge is -2.07. The van der Waals surface area contributed by atoms with Crippen LogP contribution in [-0.4, -0.2) is 20.8 Å². The van der Waals surface area contributed by atoms with Crippen molar-refractivity contribution in [1.29, 1.82) is 0 Å². The zero-order valence-electron chi connectivity index (χ0n) is 10.6. The molecule has 1 amide bonds. The zero-order chi connectivity index (χ0) is 15.6. The Kier molecular flexibility index (Phi) is 4.49. The van der Waals surface area contributed by atoms with E-state index in [1.54, 1.807) is 19.1 Å². The number of pyridine rings is 2. The van der Waals surface area contributed by atoms with Crippen LogP contribution in [0, 0.1) is 17.0 Å². The standard InChI is InChI=1S/C12H8BrClN4O3/c1-6-9(13)2-3-10(16-6)17-12(19)8-4-7(18(20)21)5-15-11(8)14/h2-5H,1H3,(H,16,17,19). The van der Waals surface area contributed by atoms with E-state index in [0.717, 1.165) is 16.7 Å². The third kappa shape index (κ3) is 3.53. The Morgan fingerprint density at radius 1 is 1.48 bits per heavy atom. The van der Waals surface area contributed by atoms with Crippen molar-refractivity contribution < 1.29 is 9.72 Å². The van der Waals surface area contributed by atoms with Gasteiger partial charge >= 0.3 is 0 Å². The molecule has 0 radical (unpaired) electrons. The number of nitrogens with one attached hydrogen (secondary N) is 1. The minimum atomic E-state index is -0.651. The predicted molar refractivity (Wildman–Crippen MR) is 80.5 cm³/mol. The van der Waals surface area contributed by atoms with E-state index < -0.39 is 10.8 Å². The van der Waals surface area contributed by atoms with E-state index in [4.69, 9.17) is 11.6 Å². The van der Waals surface area contributed by atoms with E-state index in [1.807, 2.05) is 0 Å². The molecule has 0 bridgehead atoms. The molecule has 0 saturated carbocycles. The van der Waals surface area contributed by atoms with Crippen molar-refractivity contribution in [3.63, 3.8) is 0 Å². The molecule has 0 saturated heterocycles. The summed E-state index contributed by atoms with van der Waals surface area (Å²) in [6.07, 6.45) is 0.987. The van der Waals surface area contributed by atoms with Gasteiger partial charge in [0, 0.05) is 10.5 Å². The average molecular weight is 372 g/mol. The minimum absolute atomic E-state index is 0.0896. The summed E-state index contributed by atoms with van der Waals surface area (Å²) in [5.74, 6) is -0.311. The first-order chi connectivity index (χ1) is 9.88. The number of rotatable bonds is 3. The Morgan fingerprint density at radius 3 is 2.81 bits per heavy atom. The molecule has 0 spiro atoms. The molecule has 7 nitrogen and oxygen atoms in total. The molecular weight excluding hydrogens is 364 g/mol. The number of carbonyl (C=O) groups is 1. The Bertz CT molecular complexity index is 738. The van der Waals surface area contributed by atoms with Gasteiger partial charge in [-0.25, -0.2) is 9.97 Å². The number of anilines is 1. The molecule has 21 heavy (non-hydrogen) atoms. The normalized spacial score (nSPS) is 10.2. The van der Waals surface area contributed by atoms with Gasteiger partial charge < -0.3 is 5.32 Å². The molecule has 0 unspecified atom stereocenters. The predicted octanol–water partition coefficient (Wildman–Crippen LogP) is 3.36. The largest absolute Gasteiger partial charge is 0.306 e. The van der Waals surface area contributed by atoms with Gasteiger partial charge in [0.1, 0.15) is 17.2 Å². The fourth-order valence-electron chi connectivity index (χ4n) is 1.49. The highest BCUT2D eigenvalue weighted by molar-refractivity contribution is 9.10. The van der Waals surface area contributed by atoms with Crippen molar-refractivity contribution in [2.24, 2.45) is 0 Å². The highest BCUT2D eigenvalue weighted by atomic mass is 79.9. The maximum atomic E-state index is 12.1. The van der Waals surface area contributed by atoms with E-state index in [0.29, 0.717) is 11.5 Å². The number of aryl methyl sites for hydroxylation is 1. The summed E-state index contributed by atoms with van der Waals surface area (Å²) in [5, 5.41) is 13.1. The maximum absolute atomic E-state index is 12.1. The lowest BCUT2D eigenvalue weighted by molar-refractivity contribution is -0.385. The molecule has 0 aliphatic heterocycles. The van der Waals surface area contributed by atoms with Crippen LogP contribution in [0.15, 0.2) is 28.9 Å². The summed E-state index contributed by atoms with van der Waals surface area (Å²) in [6.45, 7) is 1.77. The van der Waals surface area contributed by atoms with E-state index in [-0.39, 0.29) is 16.4 Å². The number of amides is 1. The molecule has 2 aromatic rings. The third-order valence-electron chi connectivity index (χ3n) is 2.54. The van der Waals surface area contributed by atoms with Crippen LogP contribution in [-0.2, 0) is 0 Å². The summed E-state index contributed by atoms with van der Waals surface area (Å²) < 4.78 is 0.801. The van der Waals surface area contributed by atoms with Crippen LogP contribution in [0.2, 0.25) is 5.15 Å². The first-order valence-electron chi connectivity index (χ1n) is 5.63. The van der Waals surface area contributed by atoms with Crippen LogP contribution in [0.1, 0.15) is 16.1 Å². The Hall–Kier alpha value is -2.06. The van der Waals surface area contributed by atoms with Gasteiger partial charge in [0.15, 0.2) is 0 Å². The SMILES string of the molecule is Cc1nc(NC(=O)c2cc([N+](=O)[O-])cnc2Cl)ccc1Br. The van der Waals surface area contributed by atoms with Crippen LogP contribution in [0.3, 0.4) is 0 Å². The molecule has 2 rings (SSSR count). The maximum Gasteiger partial charge on any atom is 0.288 e. The van der Waals surface area contributed by atoms with Gasteiger partial charge in [-0.3, -0.25) is 14.9 Å². The summed E-state index contributed by atoms with van der Waals surface area (Å²) in [6, 6.07) is 4.38. The van der Waals surface area contributed by atoms with Gasteiger partial charge in [0.05, 0.1) is 16.2 Å². The van der Waals surface area contributed by atoms with Crippen LogP contribution in [0.5, 0.6) is 0 Å². The average Bonchev–Trinajstić information content (AvgIpc) is 2.43. The Morgan fingerprint density at radius 2 is 2.19 bits per heavy atom. The first-order valence-corrected chi connectivity index (χ1v) is 6.80. The summed E-state index contributed by atoms with van der Waals surface area (Å²) in [7, 11) is 0. The van der Waals surface area contributed by atoms with Crippen LogP contribution in [0.4, 0.5) is 11.5 Å². The minimum Gasteiger partial charge on any atom is -0.306 e. The molecule has 0 aliphatic rings. The monoisotopic (exact) mass is 370 g/mol. The number of aromatic nitrogens is 2. The summed E-state index contributed by atoms with van der Waals surface area (Å²) in [5.41, 5.74) is 0.286. The van der Waals surface area contributed by atoms with Gasteiger partial charge in [0.25, 0.3) is 11.6 Å². The smallest absolute Gasteiger partial charge is 0.288 e. The number of hydrogen-bond acceptors (Lipinski definition) is 5. The Balaban J connectivity index is 2.29. The zero-order valence-corrected chi connectivity index (χ0v) is 13.0. The quantitative estimate of drug-likeness (QED) is 0.507. The third-order valence-corrected chi connectivity index (χ3v) is 3.68. The number of halogens is 2. The lowest BCUT2D eigenvalue weighted by atomic mass is 10.2. The first kappa shape index (κ1) is 15.3. The van der Waals surface area contributed by atoms with Gasteiger partial charge in [0.2, 0.25) is 0 Å². The van der Waals surface area contributed by atoms with Crippen LogP contribution >= 0.6 is 27.5 Å². The number of nitro groups is 1. The second-order valence-corrected chi connectivity index (χ2v) is 5.22. The fraction of sp³-hybridized carbons (Fsp3) is 0.0833. The van der Waals surface area contributed by atoms with Gasteiger partial charge in [-0.2, -0.15) is 0 Å². The molecule has 0 aromatic carbocycles. The van der Waals surface area contributed by atoms with Crippen LogP contribution < -0.4 is 5.32 Å². The van der Waals surface area contributed by atoms with E-state index in [1.165, 1.54) is 0 Å². The van der Waals surface area contributed by atoms with Crippen molar-refractivity contribution in [2.45, 2.75) is 6.92 Å². The topological polar surface area (TPSA) is 98.0 Å². The van der Waals surface area contributed by atoms with Crippen molar-refractivity contribution in [3.05, 3.63) is 55.4 Å². The number of carbonyl (C=O) groups excluding carboxylic acids is 1. The molecule has 2 aromatic heterocycles. The summed E-state index contributed by atoms with van der Waals surface area (Å²) >= 11 is 9.09.